The summed E-state index contributed by atoms with van der Waals surface area (Å²) < 4.78 is 13.5. The van der Waals surface area contributed by atoms with Crippen LogP contribution in [-0.4, -0.2) is 34.6 Å². The van der Waals surface area contributed by atoms with E-state index in [2.05, 4.69) is 0 Å². The number of carbonyl (C=O) groups is 1. The molecule has 1 aromatic carbocycles. The minimum absolute atomic E-state index is 0.0149. The number of halogens is 1. The Hall–Kier alpha value is -1.42. The number of benzene rings is 1. The average molecular weight is 253 g/mol. The SMILES string of the molecule is CC(O)CN(C(=O)Cc1ccccc1F)C(C)C. The standard InChI is InChI=1S/C14H20FNO2/c1-10(2)16(9-11(3)17)14(18)8-12-6-4-5-7-13(12)15/h4-7,10-11,17H,8-9H2,1-3H3. The van der Waals surface area contributed by atoms with Crippen molar-refractivity contribution in [3.05, 3.63) is 35.6 Å². The van der Waals surface area contributed by atoms with Crippen molar-refractivity contribution in [1.29, 1.82) is 0 Å². The fourth-order valence-corrected chi connectivity index (χ4v) is 1.79. The molecular formula is C14H20FNO2. The van der Waals surface area contributed by atoms with Crippen molar-refractivity contribution < 1.29 is 14.3 Å². The topological polar surface area (TPSA) is 40.5 Å². The summed E-state index contributed by atoms with van der Waals surface area (Å²) in [6, 6.07) is 6.24. The molecule has 0 aliphatic rings. The molecule has 0 aliphatic carbocycles. The first-order valence-electron chi connectivity index (χ1n) is 6.12. The maximum Gasteiger partial charge on any atom is 0.227 e. The molecule has 0 saturated heterocycles. The van der Waals surface area contributed by atoms with E-state index in [1.165, 1.54) is 6.07 Å². The Kier molecular flexibility index (Phi) is 5.28. The van der Waals surface area contributed by atoms with E-state index >= 15 is 0 Å². The summed E-state index contributed by atoms with van der Waals surface area (Å²) >= 11 is 0. The zero-order chi connectivity index (χ0) is 13.7. The van der Waals surface area contributed by atoms with Gasteiger partial charge in [-0.25, -0.2) is 4.39 Å². The zero-order valence-corrected chi connectivity index (χ0v) is 11.1. The lowest BCUT2D eigenvalue weighted by atomic mass is 10.1. The predicted molar refractivity (Wildman–Crippen MR) is 68.6 cm³/mol. The van der Waals surface area contributed by atoms with Gasteiger partial charge in [-0.05, 0) is 32.4 Å². The highest BCUT2D eigenvalue weighted by atomic mass is 19.1. The van der Waals surface area contributed by atoms with Crippen LogP contribution in [0, 0.1) is 5.82 Å². The van der Waals surface area contributed by atoms with Crippen molar-refractivity contribution in [1.82, 2.24) is 4.90 Å². The van der Waals surface area contributed by atoms with Gasteiger partial charge in [-0.1, -0.05) is 18.2 Å². The van der Waals surface area contributed by atoms with Crippen LogP contribution >= 0.6 is 0 Å². The summed E-state index contributed by atoms with van der Waals surface area (Å²) in [4.78, 5) is 13.7. The van der Waals surface area contributed by atoms with Crippen LogP contribution in [0.25, 0.3) is 0 Å². The highest BCUT2D eigenvalue weighted by molar-refractivity contribution is 5.79. The van der Waals surface area contributed by atoms with Crippen LogP contribution < -0.4 is 0 Å². The van der Waals surface area contributed by atoms with Crippen molar-refractivity contribution in [3.63, 3.8) is 0 Å². The smallest absolute Gasteiger partial charge is 0.227 e. The molecule has 1 N–H and O–H groups in total. The molecular weight excluding hydrogens is 233 g/mol. The molecule has 0 aliphatic heterocycles. The normalized spacial score (nSPS) is 12.6. The lowest BCUT2D eigenvalue weighted by Gasteiger charge is -2.28. The fourth-order valence-electron chi connectivity index (χ4n) is 1.79. The van der Waals surface area contributed by atoms with E-state index < -0.39 is 6.10 Å². The lowest BCUT2D eigenvalue weighted by molar-refractivity contribution is -0.133. The number of hydrogen-bond acceptors (Lipinski definition) is 2. The summed E-state index contributed by atoms with van der Waals surface area (Å²) in [5, 5.41) is 9.37. The van der Waals surface area contributed by atoms with E-state index in [0.717, 1.165) is 0 Å². The monoisotopic (exact) mass is 253 g/mol. The van der Waals surface area contributed by atoms with Gasteiger partial charge in [-0.15, -0.1) is 0 Å². The van der Waals surface area contributed by atoms with Crippen LogP contribution in [0.5, 0.6) is 0 Å². The summed E-state index contributed by atoms with van der Waals surface area (Å²) in [5.41, 5.74) is 0.388. The molecule has 1 aromatic rings. The molecule has 1 atom stereocenters. The maximum atomic E-state index is 13.5. The Morgan fingerprint density at radius 1 is 1.33 bits per heavy atom. The van der Waals surface area contributed by atoms with Gasteiger partial charge in [0.15, 0.2) is 0 Å². The minimum Gasteiger partial charge on any atom is -0.392 e. The number of rotatable bonds is 5. The molecule has 0 spiro atoms. The largest absolute Gasteiger partial charge is 0.392 e. The second-order valence-electron chi connectivity index (χ2n) is 4.76. The highest BCUT2D eigenvalue weighted by Gasteiger charge is 2.19. The molecule has 0 saturated carbocycles. The van der Waals surface area contributed by atoms with Gasteiger partial charge in [0.2, 0.25) is 5.91 Å². The first-order chi connectivity index (χ1) is 8.41. The summed E-state index contributed by atoms with van der Waals surface area (Å²) in [5.74, 6) is -0.539. The Balaban J connectivity index is 2.76. The van der Waals surface area contributed by atoms with Crippen LogP contribution in [0.3, 0.4) is 0 Å². The molecule has 1 amide bonds. The van der Waals surface area contributed by atoms with Crippen LogP contribution in [0.15, 0.2) is 24.3 Å². The van der Waals surface area contributed by atoms with E-state index in [-0.39, 0.29) is 30.7 Å². The van der Waals surface area contributed by atoms with Crippen molar-refractivity contribution in [3.8, 4) is 0 Å². The third kappa shape index (κ3) is 4.11. The number of carbonyl (C=O) groups excluding carboxylic acids is 1. The minimum atomic E-state index is -0.586. The maximum absolute atomic E-state index is 13.5. The lowest BCUT2D eigenvalue weighted by Crippen LogP contribution is -2.42. The second kappa shape index (κ2) is 6.50. The summed E-state index contributed by atoms with van der Waals surface area (Å²) in [6.45, 7) is 5.65. The Bertz CT molecular complexity index is 405. The molecule has 0 fully saturated rings. The number of nitrogens with zero attached hydrogens (tertiary/aromatic N) is 1. The number of aliphatic hydroxyl groups excluding tert-OH is 1. The van der Waals surface area contributed by atoms with Gasteiger partial charge < -0.3 is 10.0 Å². The van der Waals surface area contributed by atoms with E-state index in [9.17, 15) is 14.3 Å². The van der Waals surface area contributed by atoms with Crippen molar-refractivity contribution in [2.75, 3.05) is 6.54 Å². The van der Waals surface area contributed by atoms with Gasteiger partial charge in [0.05, 0.1) is 12.5 Å². The van der Waals surface area contributed by atoms with Crippen molar-refractivity contribution in [2.24, 2.45) is 0 Å². The molecule has 1 rings (SSSR count). The first kappa shape index (κ1) is 14.6. The van der Waals surface area contributed by atoms with E-state index in [1.54, 1.807) is 30.0 Å². The van der Waals surface area contributed by atoms with E-state index in [1.807, 2.05) is 13.8 Å². The van der Waals surface area contributed by atoms with Gasteiger partial charge in [0.25, 0.3) is 0 Å². The molecule has 1 unspecified atom stereocenters. The fraction of sp³-hybridized carbons (Fsp3) is 0.500. The van der Waals surface area contributed by atoms with Gasteiger partial charge in [-0.3, -0.25) is 4.79 Å². The summed E-state index contributed by atoms with van der Waals surface area (Å²) in [6.07, 6.45) is -0.561. The molecule has 0 aromatic heterocycles. The number of amides is 1. The number of aliphatic hydroxyl groups is 1. The Labute approximate surface area is 107 Å². The zero-order valence-electron chi connectivity index (χ0n) is 11.1. The second-order valence-corrected chi connectivity index (χ2v) is 4.76. The molecule has 0 bridgehead atoms. The number of hydrogen-bond donors (Lipinski definition) is 1. The first-order valence-corrected chi connectivity index (χ1v) is 6.12. The Morgan fingerprint density at radius 2 is 1.94 bits per heavy atom. The van der Waals surface area contributed by atoms with Crippen LogP contribution in [0.4, 0.5) is 4.39 Å². The molecule has 3 nitrogen and oxygen atoms in total. The third-order valence-electron chi connectivity index (χ3n) is 2.70. The Morgan fingerprint density at radius 3 is 2.44 bits per heavy atom. The highest BCUT2D eigenvalue weighted by Crippen LogP contribution is 2.10. The van der Waals surface area contributed by atoms with E-state index in [4.69, 9.17) is 0 Å². The molecule has 0 radical (unpaired) electrons. The van der Waals surface area contributed by atoms with Crippen LogP contribution in [0.1, 0.15) is 26.3 Å². The average Bonchev–Trinajstić information content (AvgIpc) is 2.28. The quantitative estimate of drug-likeness (QED) is 0.871. The van der Waals surface area contributed by atoms with Crippen molar-refractivity contribution >= 4 is 5.91 Å². The van der Waals surface area contributed by atoms with Gasteiger partial charge in [-0.2, -0.15) is 0 Å². The third-order valence-corrected chi connectivity index (χ3v) is 2.70. The molecule has 0 heterocycles. The molecule has 100 valence electrons. The van der Waals surface area contributed by atoms with E-state index in [0.29, 0.717) is 5.56 Å². The van der Waals surface area contributed by atoms with Crippen LogP contribution in [0.2, 0.25) is 0 Å². The van der Waals surface area contributed by atoms with Crippen molar-refractivity contribution in [2.45, 2.75) is 39.3 Å². The summed E-state index contributed by atoms with van der Waals surface area (Å²) in [7, 11) is 0. The predicted octanol–water partition coefficient (Wildman–Crippen LogP) is 1.99. The van der Waals surface area contributed by atoms with Gasteiger partial charge in [0.1, 0.15) is 5.82 Å². The molecule has 18 heavy (non-hydrogen) atoms. The molecule has 4 heteroatoms. The van der Waals surface area contributed by atoms with Gasteiger partial charge in [0, 0.05) is 12.6 Å². The van der Waals surface area contributed by atoms with Gasteiger partial charge >= 0.3 is 0 Å². The van der Waals surface area contributed by atoms with Crippen LogP contribution in [-0.2, 0) is 11.2 Å².